The third-order valence-corrected chi connectivity index (χ3v) is 11.1. The van der Waals surface area contributed by atoms with Gasteiger partial charge in [-0.05, 0) is 155 Å². The van der Waals surface area contributed by atoms with Crippen molar-refractivity contribution >= 4 is 45.3 Å². The molecule has 0 aliphatic carbocycles. The van der Waals surface area contributed by atoms with Gasteiger partial charge in [0.05, 0.1) is 39.6 Å². The summed E-state index contributed by atoms with van der Waals surface area (Å²) in [6.07, 6.45) is 0. The fraction of sp³-hybridized carbons (Fsp3) is 0.0714. The van der Waals surface area contributed by atoms with Crippen LogP contribution in [0.3, 0.4) is 0 Å². The summed E-state index contributed by atoms with van der Waals surface area (Å²) in [6.45, 7) is 0. The molecule has 8 rings (SSSR count). The van der Waals surface area contributed by atoms with Crippen LogP contribution in [-0.4, -0.2) is 28.4 Å². The zero-order valence-electron chi connectivity index (χ0n) is 35.9. The summed E-state index contributed by atoms with van der Waals surface area (Å²) >= 11 is 0. The largest absolute Gasteiger partial charge is 0.497 e. The summed E-state index contributed by atoms with van der Waals surface area (Å²) in [6, 6.07) is 68.7. The molecule has 8 nitrogen and oxygen atoms in total. The van der Waals surface area contributed by atoms with Gasteiger partial charge in [-0.25, -0.2) is 0 Å². The Morgan fingerprint density at radius 3 is 0.672 bits per heavy atom. The van der Waals surface area contributed by atoms with Crippen LogP contribution in [0.15, 0.2) is 194 Å². The monoisotopic (exact) mass is 836 g/mol. The molecule has 312 valence electrons. The van der Waals surface area contributed by atoms with Crippen LogP contribution in [0.5, 0.6) is 23.0 Å². The molecule has 64 heavy (non-hydrogen) atoms. The number of ether oxygens (including phenoxy) is 4. The van der Waals surface area contributed by atoms with Crippen LogP contribution >= 0.6 is 0 Å². The molecule has 0 aliphatic rings. The first-order valence-corrected chi connectivity index (χ1v) is 20.6. The minimum atomic E-state index is 0.313. The lowest BCUT2D eigenvalue weighted by atomic mass is 9.93. The molecule has 0 atom stereocenters. The van der Waals surface area contributed by atoms with Crippen molar-refractivity contribution in [1.29, 1.82) is 10.5 Å². The minimum absolute atomic E-state index is 0.313. The van der Waals surface area contributed by atoms with E-state index in [-0.39, 0.29) is 0 Å². The molecule has 0 bridgehead atoms. The van der Waals surface area contributed by atoms with Crippen molar-refractivity contribution in [3.63, 3.8) is 0 Å². The van der Waals surface area contributed by atoms with Gasteiger partial charge in [-0.15, -0.1) is 0 Å². The van der Waals surface area contributed by atoms with Gasteiger partial charge in [-0.2, -0.15) is 10.5 Å². The van der Waals surface area contributed by atoms with Crippen molar-refractivity contribution in [2.24, 2.45) is 0 Å². The maximum absolute atomic E-state index is 10.4. The van der Waals surface area contributed by atoms with E-state index in [0.29, 0.717) is 22.3 Å². The molecular formula is C56H44N4O4. The highest BCUT2D eigenvalue weighted by atomic mass is 16.5. The Morgan fingerprint density at radius 1 is 0.297 bits per heavy atom. The van der Waals surface area contributed by atoms with E-state index in [1.807, 2.05) is 146 Å². The predicted octanol–water partition coefficient (Wildman–Crippen LogP) is 14.0. The fourth-order valence-electron chi connectivity index (χ4n) is 7.61. The molecule has 0 N–H and O–H groups in total. The average molecular weight is 837 g/mol. The summed E-state index contributed by atoms with van der Waals surface area (Å²) in [4.78, 5) is 4.34. The van der Waals surface area contributed by atoms with Gasteiger partial charge in [0.15, 0.2) is 0 Å². The van der Waals surface area contributed by atoms with Gasteiger partial charge < -0.3 is 28.7 Å². The highest BCUT2D eigenvalue weighted by molar-refractivity contribution is 6.03. The van der Waals surface area contributed by atoms with Crippen molar-refractivity contribution < 1.29 is 18.9 Å². The molecule has 0 aliphatic heterocycles. The molecule has 0 spiro atoms. The van der Waals surface area contributed by atoms with E-state index < -0.39 is 0 Å². The first-order chi connectivity index (χ1) is 31.4. The van der Waals surface area contributed by atoms with Crippen molar-refractivity contribution in [2.45, 2.75) is 0 Å². The SMILES string of the molecule is COc1ccc(N(c2ccc(OC)cc2)c2ccc(-c3ccc(/C(C#N)=C(\C#N)c4ccc(-c5ccc(N(c6ccc(OC)cc6)c6ccc(OC)cc6)cc5)cc4)cc3)cc2)cc1. The van der Waals surface area contributed by atoms with Crippen LogP contribution in [0.4, 0.5) is 34.1 Å². The van der Waals surface area contributed by atoms with Gasteiger partial charge in [0, 0.05) is 34.1 Å². The predicted molar refractivity (Wildman–Crippen MR) is 257 cm³/mol. The lowest BCUT2D eigenvalue weighted by Crippen LogP contribution is -2.09. The van der Waals surface area contributed by atoms with Crippen LogP contribution in [0.25, 0.3) is 33.4 Å². The first-order valence-electron chi connectivity index (χ1n) is 20.6. The number of anilines is 6. The fourth-order valence-corrected chi connectivity index (χ4v) is 7.61. The van der Waals surface area contributed by atoms with Gasteiger partial charge in [0.2, 0.25) is 0 Å². The van der Waals surface area contributed by atoms with Crippen LogP contribution in [0.2, 0.25) is 0 Å². The Hall–Kier alpha value is -8.72. The summed E-state index contributed by atoms with van der Waals surface area (Å²) in [7, 11) is 6.63. The van der Waals surface area contributed by atoms with Gasteiger partial charge in [0.25, 0.3) is 0 Å². The Bertz CT molecular complexity index is 2630. The molecule has 0 amide bonds. The zero-order chi connectivity index (χ0) is 44.4. The molecule has 0 heterocycles. The van der Waals surface area contributed by atoms with E-state index in [9.17, 15) is 10.5 Å². The molecule has 0 radical (unpaired) electrons. The quantitative estimate of drug-likeness (QED) is 0.0790. The molecule has 0 aromatic heterocycles. The van der Waals surface area contributed by atoms with E-state index in [1.165, 1.54) is 0 Å². The highest BCUT2D eigenvalue weighted by Crippen LogP contribution is 2.39. The Labute approximate surface area is 374 Å². The number of hydrogen-bond acceptors (Lipinski definition) is 8. The number of allylic oxidation sites excluding steroid dienone is 2. The van der Waals surface area contributed by atoms with E-state index >= 15 is 0 Å². The summed E-state index contributed by atoms with van der Waals surface area (Å²) in [5, 5.41) is 20.8. The maximum Gasteiger partial charge on any atom is 0.119 e. The molecule has 0 unspecified atom stereocenters. The van der Waals surface area contributed by atoms with Crippen LogP contribution < -0.4 is 28.7 Å². The third-order valence-electron chi connectivity index (χ3n) is 11.1. The molecule has 8 aromatic carbocycles. The lowest BCUT2D eigenvalue weighted by Gasteiger charge is -2.26. The van der Waals surface area contributed by atoms with Crippen molar-refractivity contribution in [3.8, 4) is 57.4 Å². The van der Waals surface area contributed by atoms with Crippen molar-refractivity contribution in [2.75, 3.05) is 38.2 Å². The minimum Gasteiger partial charge on any atom is -0.497 e. The average Bonchev–Trinajstić information content (AvgIpc) is 3.37. The highest BCUT2D eigenvalue weighted by Gasteiger charge is 2.17. The zero-order valence-corrected chi connectivity index (χ0v) is 35.9. The normalized spacial score (nSPS) is 11.0. The molecule has 0 fully saturated rings. The Kier molecular flexibility index (Phi) is 12.7. The maximum atomic E-state index is 10.4. The Balaban J connectivity index is 1.01. The van der Waals surface area contributed by atoms with E-state index in [4.69, 9.17) is 18.9 Å². The number of nitriles is 2. The summed E-state index contributed by atoms with van der Waals surface area (Å²) in [5.41, 5.74) is 11.8. The molecular weight excluding hydrogens is 793 g/mol. The van der Waals surface area contributed by atoms with E-state index in [1.54, 1.807) is 28.4 Å². The second-order valence-electron chi connectivity index (χ2n) is 14.7. The number of benzene rings is 8. The lowest BCUT2D eigenvalue weighted by molar-refractivity contribution is 0.414. The standard InChI is InChI=1S/C56H44N4O4/c1-61-51-29-21-47(22-30-51)59(48-23-31-52(62-2)32-24-48)45-17-13-41(14-18-45)39-5-9-43(10-6-39)55(37-57)56(38-58)44-11-7-40(8-12-44)42-15-19-46(20-16-42)60(49-25-33-53(63-3)34-26-49)50-27-35-54(64-4)36-28-50/h5-36H,1-4H3/b56-55+. The summed E-state index contributed by atoms with van der Waals surface area (Å²) in [5.74, 6) is 3.13. The number of methoxy groups -OCH3 is 4. The van der Waals surface area contributed by atoms with Crippen LogP contribution in [0, 0.1) is 22.7 Å². The molecule has 8 aromatic rings. The number of hydrogen-bond donors (Lipinski definition) is 0. The van der Waals surface area contributed by atoms with E-state index in [0.717, 1.165) is 79.4 Å². The van der Waals surface area contributed by atoms with Crippen molar-refractivity contribution in [1.82, 2.24) is 0 Å². The van der Waals surface area contributed by atoms with Crippen molar-refractivity contribution in [3.05, 3.63) is 205 Å². The smallest absolute Gasteiger partial charge is 0.119 e. The number of nitrogens with zero attached hydrogens (tertiary/aromatic N) is 4. The number of rotatable bonds is 14. The van der Waals surface area contributed by atoms with Crippen LogP contribution in [-0.2, 0) is 0 Å². The van der Waals surface area contributed by atoms with Gasteiger partial charge in [0.1, 0.15) is 35.1 Å². The third kappa shape index (κ3) is 8.99. The summed E-state index contributed by atoms with van der Waals surface area (Å²) < 4.78 is 21.6. The molecule has 0 saturated heterocycles. The van der Waals surface area contributed by atoms with Gasteiger partial charge >= 0.3 is 0 Å². The topological polar surface area (TPSA) is 91.0 Å². The Morgan fingerprint density at radius 2 is 0.484 bits per heavy atom. The second-order valence-corrected chi connectivity index (χ2v) is 14.7. The van der Waals surface area contributed by atoms with E-state index in [2.05, 4.69) is 70.5 Å². The molecule has 8 heteroatoms. The van der Waals surface area contributed by atoms with Gasteiger partial charge in [-0.1, -0.05) is 72.8 Å². The van der Waals surface area contributed by atoms with Crippen LogP contribution in [0.1, 0.15) is 11.1 Å². The molecule has 0 saturated carbocycles. The second kappa shape index (κ2) is 19.3. The first kappa shape index (κ1) is 42.0. The van der Waals surface area contributed by atoms with Gasteiger partial charge in [-0.3, -0.25) is 0 Å².